The van der Waals surface area contributed by atoms with Gasteiger partial charge < -0.3 is 9.64 Å². The van der Waals surface area contributed by atoms with E-state index in [9.17, 15) is 13.2 Å². The standard InChI is InChI=1S/C19H17BrN2O4S2/c1-26-15-8-6-14(7-9-15)22-16-10-28(24,25)11-17(16)27-19(22)21-18(23)12-2-4-13(20)5-3-12/h2-9,16-17H,10-11H2,1H3/t16-,17-/m1/s1. The van der Waals surface area contributed by atoms with Crippen molar-refractivity contribution >= 4 is 54.3 Å². The predicted octanol–water partition coefficient (Wildman–Crippen LogP) is 3.37. The van der Waals surface area contributed by atoms with Crippen LogP contribution in [0.25, 0.3) is 0 Å². The molecule has 0 aliphatic carbocycles. The van der Waals surface area contributed by atoms with Crippen LogP contribution in [0, 0.1) is 0 Å². The normalized spacial score (nSPS) is 24.4. The Labute approximate surface area is 176 Å². The van der Waals surface area contributed by atoms with Gasteiger partial charge in [0.2, 0.25) is 0 Å². The highest BCUT2D eigenvalue weighted by Crippen LogP contribution is 2.41. The number of anilines is 1. The molecule has 0 unspecified atom stereocenters. The number of fused-ring (bicyclic) bond motifs is 1. The summed E-state index contributed by atoms with van der Waals surface area (Å²) in [5, 5.41) is 0.395. The van der Waals surface area contributed by atoms with Crippen molar-refractivity contribution in [1.29, 1.82) is 0 Å². The van der Waals surface area contributed by atoms with E-state index in [0.717, 1.165) is 10.2 Å². The Kier molecular flexibility index (Phi) is 5.24. The van der Waals surface area contributed by atoms with Crippen molar-refractivity contribution in [3.8, 4) is 5.75 Å². The van der Waals surface area contributed by atoms with Crippen LogP contribution in [0.2, 0.25) is 0 Å². The Hall–Kier alpha value is -1.84. The minimum absolute atomic E-state index is 0.0577. The fourth-order valence-corrected chi connectivity index (χ4v) is 7.53. The first kappa shape index (κ1) is 19.5. The van der Waals surface area contributed by atoms with Crippen LogP contribution in [0.3, 0.4) is 0 Å². The lowest BCUT2D eigenvalue weighted by Gasteiger charge is -2.24. The first-order valence-corrected chi connectivity index (χ1v) is 12.0. The number of thioether (sulfide) groups is 1. The van der Waals surface area contributed by atoms with E-state index in [1.165, 1.54) is 11.8 Å². The van der Waals surface area contributed by atoms with Crippen LogP contribution in [0.5, 0.6) is 5.75 Å². The van der Waals surface area contributed by atoms with E-state index in [2.05, 4.69) is 20.9 Å². The van der Waals surface area contributed by atoms with Gasteiger partial charge >= 0.3 is 0 Å². The number of rotatable bonds is 3. The van der Waals surface area contributed by atoms with E-state index in [-0.39, 0.29) is 28.7 Å². The van der Waals surface area contributed by atoms with Crippen molar-refractivity contribution in [2.24, 2.45) is 4.99 Å². The smallest absolute Gasteiger partial charge is 0.279 e. The summed E-state index contributed by atoms with van der Waals surface area (Å²) in [4.78, 5) is 18.9. The molecule has 146 valence electrons. The van der Waals surface area contributed by atoms with Crippen LogP contribution in [-0.4, -0.2) is 49.4 Å². The highest BCUT2D eigenvalue weighted by atomic mass is 79.9. The SMILES string of the molecule is COc1ccc(N2C(=NC(=O)c3ccc(Br)cc3)S[C@@H]3CS(=O)(=O)C[C@H]32)cc1. The van der Waals surface area contributed by atoms with Gasteiger partial charge in [-0.15, -0.1) is 0 Å². The Morgan fingerprint density at radius 2 is 1.82 bits per heavy atom. The van der Waals surface area contributed by atoms with E-state index in [1.807, 2.05) is 29.2 Å². The molecule has 0 N–H and O–H groups in total. The third kappa shape index (κ3) is 3.83. The zero-order valence-electron chi connectivity index (χ0n) is 14.9. The Morgan fingerprint density at radius 1 is 1.14 bits per heavy atom. The van der Waals surface area contributed by atoms with Crippen LogP contribution in [0.15, 0.2) is 58.0 Å². The molecule has 2 atom stereocenters. The number of sulfone groups is 1. The third-order valence-electron chi connectivity index (χ3n) is 4.71. The number of hydrogen-bond donors (Lipinski definition) is 0. The average molecular weight is 481 g/mol. The van der Waals surface area contributed by atoms with Gasteiger partial charge in [0.05, 0.1) is 24.7 Å². The van der Waals surface area contributed by atoms with Crippen molar-refractivity contribution in [3.05, 3.63) is 58.6 Å². The molecule has 1 amide bonds. The van der Waals surface area contributed by atoms with E-state index < -0.39 is 9.84 Å². The second-order valence-electron chi connectivity index (χ2n) is 6.58. The molecular weight excluding hydrogens is 464 g/mol. The molecule has 0 spiro atoms. The number of amides is 1. The summed E-state index contributed by atoms with van der Waals surface area (Å²) in [6.07, 6.45) is 0. The molecule has 6 nitrogen and oxygen atoms in total. The van der Waals surface area contributed by atoms with Gasteiger partial charge in [-0.05, 0) is 48.5 Å². The first-order chi connectivity index (χ1) is 13.4. The molecule has 4 rings (SSSR count). The van der Waals surface area contributed by atoms with Gasteiger partial charge in [-0.25, -0.2) is 8.42 Å². The highest BCUT2D eigenvalue weighted by Gasteiger charge is 2.49. The molecular formula is C19H17BrN2O4S2. The van der Waals surface area contributed by atoms with Crippen molar-refractivity contribution in [2.75, 3.05) is 23.5 Å². The topological polar surface area (TPSA) is 76.0 Å². The molecule has 2 aromatic carbocycles. The number of nitrogens with zero attached hydrogens (tertiary/aromatic N) is 2. The zero-order chi connectivity index (χ0) is 19.9. The average Bonchev–Trinajstić information content (AvgIpc) is 3.13. The summed E-state index contributed by atoms with van der Waals surface area (Å²) in [6.45, 7) is 0. The van der Waals surface area contributed by atoms with E-state index in [1.54, 1.807) is 31.4 Å². The predicted molar refractivity (Wildman–Crippen MR) is 115 cm³/mol. The van der Waals surface area contributed by atoms with Crippen LogP contribution in [-0.2, 0) is 9.84 Å². The largest absolute Gasteiger partial charge is 0.497 e. The number of carbonyl (C=O) groups excluding carboxylic acids is 1. The van der Waals surface area contributed by atoms with Gasteiger partial charge in [0, 0.05) is 21.0 Å². The van der Waals surface area contributed by atoms with E-state index in [4.69, 9.17) is 4.74 Å². The Morgan fingerprint density at radius 3 is 2.46 bits per heavy atom. The summed E-state index contributed by atoms with van der Waals surface area (Å²) in [5.74, 6) is 0.509. The zero-order valence-corrected chi connectivity index (χ0v) is 18.1. The Balaban J connectivity index is 1.70. The van der Waals surface area contributed by atoms with Gasteiger partial charge in [0.25, 0.3) is 5.91 Å². The van der Waals surface area contributed by atoms with Crippen molar-refractivity contribution in [1.82, 2.24) is 0 Å². The van der Waals surface area contributed by atoms with Gasteiger partial charge in [-0.1, -0.05) is 27.7 Å². The minimum Gasteiger partial charge on any atom is -0.497 e. The molecule has 0 aromatic heterocycles. The molecule has 0 radical (unpaired) electrons. The molecule has 2 saturated heterocycles. The molecule has 0 bridgehead atoms. The molecule has 28 heavy (non-hydrogen) atoms. The second-order valence-corrected chi connectivity index (χ2v) is 10.9. The summed E-state index contributed by atoms with van der Waals surface area (Å²) >= 11 is 4.71. The van der Waals surface area contributed by atoms with Gasteiger partial charge in [0.15, 0.2) is 15.0 Å². The lowest BCUT2D eigenvalue weighted by atomic mass is 10.2. The number of hydrogen-bond acceptors (Lipinski definition) is 5. The molecule has 2 fully saturated rings. The number of methoxy groups -OCH3 is 1. The van der Waals surface area contributed by atoms with Crippen molar-refractivity contribution in [2.45, 2.75) is 11.3 Å². The van der Waals surface area contributed by atoms with Crippen LogP contribution in [0.1, 0.15) is 10.4 Å². The van der Waals surface area contributed by atoms with E-state index >= 15 is 0 Å². The first-order valence-electron chi connectivity index (χ1n) is 8.55. The number of halogens is 1. The fourth-order valence-electron chi connectivity index (χ4n) is 3.35. The molecule has 9 heteroatoms. The lowest BCUT2D eigenvalue weighted by Crippen LogP contribution is -2.37. The van der Waals surface area contributed by atoms with E-state index in [0.29, 0.717) is 16.5 Å². The summed E-state index contributed by atoms with van der Waals surface area (Å²) < 4.78 is 30.3. The number of benzene rings is 2. The maximum atomic E-state index is 12.7. The number of aliphatic imine (C=N–C) groups is 1. The molecule has 2 heterocycles. The number of carbonyl (C=O) groups is 1. The molecule has 2 aliphatic heterocycles. The summed E-state index contributed by atoms with van der Waals surface area (Å²) in [5.41, 5.74) is 1.27. The quantitative estimate of drug-likeness (QED) is 0.669. The third-order valence-corrected chi connectivity index (χ3v) is 8.44. The monoisotopic (exact) mass is 480 g/mol. The van der Waals surface area contributed by atoms with Gasteiger partial charge in [-0.3, -0.25) is 4.79 Å². The van der Waals surface area contributed by atoms with Crippen molar-refractivity contribution < 1.29 is 17.9 Å². The van der Waals surface area contributed by atoms with Gasteiger partial charge in [0.1, 0.15) is 5.75 Å². The van der Waals surface area contributed by atoms with Crippen LogP contribution in [0.4, 0.5) is 5.69 Å². The highest BCUT2D eigenvalue weighted by molar-refractivity contribution is 9.10. The lowest BCUT2D eigenvalue weighted by molar-refractivity contribution is 0.100. The maximum Gasteiger partial charge on any atom is 0.279 e. The van der Waals surface area contributed by atoms with Gasteiger partial charge in [-0.2, -0.15) is 4.99 Å². The maximum absolute atomic E-state index is 12.7. The molecule has 0 saturated carbocycles. The second kappa shape index (κ2) is 7.53. The number of amidine groups is 1. The fraction of sp³-hybridized carbons (Fsp3) is 0.263. The molecule has 2 aromatic rings. The van der Waals surface area contributed by atoms with Crippen LogP contribution >= 0.6 is 27.7 Å². The Bertz CT molecular complexity index is 1040. The molecule has 2 aliphatic rings. The number of ether oxygens (including phenoxy) is 1. The van der Waals surface area contributed by atoms with Crippen LogP contribution < -0.4 is 9.64 Å². The minimum atomic E-state index is -3.10. The van der Waals surface area contributed by atoms with Crippen molar-refractivity contribution in [3.63, 3.8) is 0 Å². The summed E-state index contributed by atoms with van der Waals surface area (Å²) in [7, 11) is -1.51. The summed E-state index contributed by atoms with van der Waals surface area (Å²) in [6, 6.07) is 14.1.